The minimum atomic E-state index is -3.27. The molecule has 0 saturated carbocycles. The van der Waals surface area contributed by atoms with Gasteiger partial charge in [0.25, 0.3) is 0 Å². The van der Waals surface area contributed by atoms with Gasteiger partial charge in [0.05, 0.1) is 24.3 Å². The van der Waals surface area contributed by atoms with E-state index in [1.807, 2.05) is 42.8 Å². The van der Waals surface area contributed by atoms with E-state index in [0.717, 1.165) is 43.8 Å². The van der Waals surface area contributed by atoms with Gasteiger partial charge in [-0.15, -0.1) is 0 Å². The van der Waals surface area contributed by atoms with Crippen molar-refractivity contribution < 1.29 is 8.42 Å². The van der Waals surface area contributed by atoms with E-state index in [2.05, 4.69) is 14.7 Å². The number of benzene rings is 1. The van der Waals surface area contributed by atoms with Crippen molar-refractivity contribution in [2.24, 2.45) is 7.05 Å². The average Bonchev–Trinajstić information content (AvgIpc) is 3.17. The largest absolute Gasteiger partial charge is 0.332 e. The average molecular weight is 387 g/mol. The van der Waals surface area contributed by atoms with Crippen LogP contribution >= 0.6 is 11.3 Å². The molecule has 4 aromatic rings. The molecule has 0 aliphatic heterocycles. The van der Waals surface area contributed by atoms with Crippen LogP contribution in [0.5, 0.6) is 0 Å². The lowest BCUT2D eigenvalue weighted by atomic mass is 10.1. The normalized spacial score (nSPS) is 13.5. The summed E-state index contributed by atoms with van der Waals surface area (Å²) in [7, 11) is -1.34. The van der Waals surface area contributed by atoms with Gasteiger partial charge in [-0.3, -0.25) is 0 Å². The maximum Gasteiger partial charge on any atom is 0.209 e. The number of thiazole rings is 1. The van der Waals surface area contributed by atoms with Gasteiger partial charge in [-0.25, -0.2) is 28.1 Å². The van der Waals surface area contributed by atoms with E-state index in [4.69, 9.17) is 4.98 Å². The number of fused-ring (bicyclic) bond motifs is 3. The second kappa shape index (κ2) is 6.11. The van der Waals surface area contributed by atoms with Gasteiger partial charge >= 0.3 is 0 Å². The van der Waals surface area contributed by atoms with Gasteiger partial charge < -0.3 is 4.57 Å². The summed E-state index contributed by atoms with van der Waals surface area (Å²) in [5.74, 6) is 0. The third-order valence-corrected chi connectivity index (χ3v) is 5.92. The quantitative estimate of drug-likeness (QED) is 0.581. The highest BCUT2D eigenvalue weighted by molar-refractivity contribution is 7.88. The monoisotopic (exact) mass is 387 g/mol. The van der Waals surface area contributed by atoms with E-state index in [1.165, 1.54) is 11.3 Å². The molecule has 7 nitrogen and oxygen atoms in total. The van der Waals surface area contributed by atoms with Crippen molar-refractivity contribution in [2.75, 3.05) is 6.26 Å². The fraction of sp³-hybridized carbons (Fsp3) is 0.235. The molecule has 3 aromatic heterocycles. The number of imidazole rings is 1. The molecule has 0 radical (unpaired) electrons. The predicted octanol–water partition coefficient (Wildman–Crippen LogP) is 2.86. The molecule has 1 N–H and O–H groups in total. The Kier molecular flexibility index (Phi) is 4.02. The molecule has 1 aromatic carbocycles. The summed E-state index contributed by atoms with van der Waals surface area (Å²) in [5.41, 5.74) is 4.42. The number of aryl methyl sites for hydroxylation is 1. The van der Waals surface area contributed by atoms with Crippen LogP contribution < -0.4 is 4.72 Å². The van der Waals surface area contributed by atoms with E-state index in [9.17, 15) is 8.42 Å². The molecule has 0 amide bonds. The van der Waals surface area contributed by atoms with Gasteiger partial charge in [-0.1, -0.05) is 29.5 Å². The van der Waals surface area contributed by atoms with E-state index in [-0.39, 0.29) is 6.04 Å². The van der Waals surface area contributed by atoms with Crippen LogP contribution in [-0.2, 0) is 17.1 Å². The molecule has 26 heavy (non-hydrogen) atoms. The summed E-state index contributed by atoms with van der Waals surface area (Å²) in [6.07, 6.45) is 4.67. The smallest absolute Gasteiger partial charge is 0.209 e. The van der Waals surface area contributed by atoms with Crippen molar-refractivity contribution in [1.29, 1.82) is 0 Å². The van der Waals surface area contributed by atoms with Crippen molar-refractivity contribution >= 4 is 42.7 Å². The Hall–Kier alpha value is -2.36. The van der Waals surface area contributed by atoms with Gasteiger partial charge in [0.15, 0.2) is 0 Å². The van der Waals surface area contributed by atoms with E-state index in [1.54, 1.807) is 12.5 Å². The van der Waals surface area contributed by atoms with Crippen LogP contribution in [0.3, 0.4) is 0 Å². The summed E-state index contributed by atoms with van der Waals surface area (Å²) in [6.45, 7) is 1.82. The minimum Gasteiger partial charge on any atom is -0.332 e. The topological polar surface area (TPSA) is 89.8 Å². The number of nitrogens with one attached hydrogen (secondary N) is 1. The maximum atomic E-state index is 11.5. The first-order valence-electron chi connectivity index (χ1n) is 7.96. The van der Waals surface area contributed by atoms with Crippen molar-refractivity contribution in [1.82, 2.24) is 24.2 Å². The highest BCUT2D eigenvalue weighted by Crippen LogP contribution is 2.33. The fourth-order valence-electron chi connectivity index (χ4n) is 2.96. The van der Waals surface area contributed by atoms with Crippen molar-refractivity contribution in [3.05, 3.63) is 42.4 Å². The molecule has 134 valence electrons. The lowest BCUT2D eigenvalue weighted by Crippen LogP contribution is -2.25. The molecule has 0 fully saturated rings. The second-order valence-electron chi connectivity index (χ2n) is 6.26. The summed E-state index contributed by atoms with van der Waals surface area (Å²) >= 11 is 1.51. The van der Waals surface area contributed by atoms with Crippen LogP contribution in [0.4, 0.5) is 0 Å². The number of sulfonamides is 1. The lowest BCUT2D eigenvalue weighted by molar-refractivity contribution is 0.573. The summed E-state index contributed by atoms with van der Waals surface area (Å²) in [4.78, 5) is 14.4. The molecule has 0 unspecified atom stereocenters. The number of nitrogens with zero attached hydrogens (tertiary/aromatic N) is 4. The van der Waals surface area contributed by atoms with Gasteiger partial charge in [-0.2, -0.15) is 0 Å². The van der Waals surface area contributed by atoms with E-state index >= 15 is 0 Å². The van der Waals surface area contributed by atoms with Gasteiger partial charge in [0.1, 0.15) is 20.9 Å². The lowest BCUT2D eigenvalue weighted by Gasteiger charge is -2.13. The molecule has 0 bridgehead atoms. The third-order valence-electron chi connectivity index (χ3n) is 4.13. The Morgan fingerprint density at radius 3 is 2.85 bits per heavy atom. The van der Waals surface area contributed by atoms with Crippen LogP contribution in [0.2, 0.25) is 0 Å². The van der Waals surface area contributed by atoms with Gasteiger partial charge in [0.2, 0.25) is 10.0 Å². The van der Waals surface area contributed by atoms with Crippen molar-refractivity contribution in [2.45, 2.75) is 13.0 Å². The zero-order valence-corrected chi connectivity index (χ0v) is 16.1. The highest BCUT2D eigenvalue weighted by Gasteiger charge is 2.15. The molecule has 3 heterocycles. The Morgan fingerprint density at radius 2 is 2.08 bits per heavy atom. The van der Waals surface area contributed by atoms with Crippen LogP contribution in [0.25, 0.3) is 32.0 Å². The summed E-state index contributed by atoms with van der Waals surface area (Å²) in [5, 5.41) is 0.842. The number of rotatable bonds is 4. The van der Waals surface area contributed by atoms with Gasteiger partial charge in [-0.05, 0) is 18.6 Å². The molecule has 1 atom stereocenters. The van der Waals surface area contributed by atoms with Gasteiger partial charge in [0, 0.05) is 18.7 Å². The minimum absolute atomic E-state index is 0.318. The number of pyridine rings is 1. The number of aromatic nitrogens is 4. The zero-order chi connectivity index (χ0) is 18.5. The Bertz CT molecular complexity index is 1230. The Balaban J connectivity index is 1.79. The molecule has 0 aliphatic carbocycles. The van der Waals surface area contributed by atoms with Crippen LogP contribution in [0.15, 0.2) is 36.8 Å². The molecular formula is C17H17N5O2S2. The summed E-state index contributed by atoms with van der Waals surface area (Å²) < 4.78 is 27.5. The second-order valence-corrected chi connectivity index (χ2v) is 9.02. The standard InChI is InChI=1S/C17H17N5O2S2/c1-10(21-26(3,23)24)11-5-4-6-12(7-11)16-20-14-15-13(19-9-22(15)2)8-18-17(14)25-16/h4-10,21H,1-3H3/t10-/m0/s1. The van der Waals surface area contributed by atoms with Crippen molar-refractivity contribution in [3.63, 3.8) is 0 Å². The maximum absolute atomic E-state index is 11.5. The molecule has 9 heteroatoms. The Labute approximate surface area is 154 Å². The molecular weight excluding hydrogens is 370 g/mol. The van der Waals surface area contributed by atoms with Crippen LogP contribution in [0, 0.1) is 0 Å². The Morgan fingerprint density at radius 1 is 1.27 bits per heavy atom. The first-order chi connectivity index (χ1) is 12.3. The van der Waals surface area contributed by atoms with Crippen LogP contribution in [-0.4, -0.2) is 34.2 Å². The van der Waals surface area contributed by atoms with E-state index in [0.29, 0.717) is 0 Å². The molecule has 4 rings (SSSR count). The number of hydrogen-bond donors (Lipinski definition) is 1. The van der Waals surface area contributed by atoms with Crippen LogP contribution in [0.1, 0.15) is 18.5 Å². The fourth-order valence-corrected chi connectivity index (χ4v) is 4.65. The SMILES string of the molecule is C[C@H](NS(C)(=O)=O)c1cccc(-c2nc3c(ncc4ncn(C)c43)s2)c1. The first kappa shape index (κ1) is 17.1. The molecule has 0 aliphatic rings. The molecule has 0 saturated heterocycles. The third kappa shape index (κ3) is 3.09. The summed E-state index contributed by atoms with van der Waals surface area (Å²) in [6, 6.07) is 7.42. The first-order valence-corrected chi connectivity index (χ1v) is 10.7. The molecule has 0 spiro atoms. The van der Waals surface area contributed by atoms with Crippen molar-refractivity contribution in [3.8, 4) is 10.6 Å². The number of hydrogen-bond acceptors (Lipinski definition) is 6. The van der Waals surface area contributed by atoms with E-state index < -0.39 is 10.0 Å². The zero-order valence-electron chi connectivity index (χ0n) is 14.5. The highest BCUT2D eigenvalue weighted by atomic mass is 32.2. The predicted molar refractivity (Wildman–Crippen MR) is 104 cm³/mol.